The highest BCUT2D eigenvalue weighted by molar-refractivity contribution is 5.20. The molecule has 0 aliphatic rings. The lowest BCUT2D eigenvalue weighted by Gasteiger charge is -2.03. The van der Waals surface area contributed by atoms with Gasteiger partial charge in [0.05, 0.1) is 6.61 Å². The minimum absolute atomic E-state index is 0.675. The van der Waals surface area contributed by atoms with Crippen molar-refractivity contribution in [3.05, 3.63) is 30.3 Å². The third-order valence-corrected chi connectivity index (χ3v) is 1.98. The van der Waals surface area contributed by atoms with Gasteiger partial charge in [-0.25, -0.2) is 0 Å². The van der Waals surface area contributed by atoms with Crippen LogP contribution in [0.2, 0.25) is 0 Å². The predicted molar refractivity (Wildman–Crippen MR) is 57.2 cm³/mol. The Hall–Kier alpha value is -1.02. The average molecular weight is 194 g/mol. The topological polar surface area (TPSA) is 18.5 Å². The summed E-state index contributed by atoms with van der Waals surface area (Å²) in [7, 11) is 0. The van der Waals surface area contributed by atoms with Crippen LogP contribution >= 0.6 is 0 Å². The second-order valence-corrected chi connectivity index (χ2v) is 3.28. The first kappa shape index (κ1) is 11.1. The van der Waals surface area contributed by atoms with Gasteiger partial charge in [-0.05, 0) is 18.6 Å². The van der Waals surface area contributed by atoms with Gasteiger partial charge >= 0.3 is 0 Å². The molecule has 0 bridgehead atoms. The Labute approximate surface area is 85.8 Å². The van der Waals surface area contributed by atoms with Crippen molar-refractivity contribution in [3.63, 3.8) is 0 Å². The summed E-state index contributed by atoms with van der Waals surface area (Å²) in [6.07, 6.45) is 4.81. The normalized spacial score (nSPS) is 10.1. The summed E-state index contributed by atoms with van der Waals surface area (Å²) in [4.78, 5) is 10.2. The lowest BCUT2D eigenvalue weighted by molar-refractivity contribution is -0.207. The standard InChI is InChI=1S/C12H18O2/c1-2-3-4-8-11-13-14-12-9-6-5-7-10-12/h5-7,9-10H,2-4,8,11H2,1H3. The maximum absolute atomic E-state index is 5.09. The molecule has 0 saturated heterocycles. The number of unbranched alkanes of at least 4 members (excludes halogenated alkanes) is 3. The predicted octanol–water partition coefficient (Wildman–Crippen LogP) is 3.58. The molecule has 0 atom stereocenters. The molecule has 0 spiro atoms. The van der Waals surface area contributed by atoms with Gasteiger partial charge in [0.2, 0.25) is 0 Å². The van der Waals surface area contributed by atoms with E-state index in [9.17, 15) is 0 Å². The molecule has 0 heterocycles. The molecule has 0 fully saturated rings. The Morgan fingerprint density at radius 2 is 1.79 bits per heavy atom. The van der Waals surface area contributed by atoms with E-state index in [-0.39, 0.29) is 0 Å². The van der Waals surface area contributed by atoms with Gasteiger partial charge in [0.25, 0.3) is 0 Å². The summed E-state index contributed by atoms with van der Waals surface area (Å²) >= 11 is 0. The molecule has 78 valence electrons. The third-order valence-electron chi connectivity index (χ3n) is 1.98. The highest BCUT2D eigenvalue weighted by Gasteiger charge is 1.92. The summed E-state index contributed by atoms with van der Waals surface area (Å²) in [5.41, 5.74) is 0. The summed E-state index contributed by atoms with van der Waals surface area (Å²) < 4.78 is 0. The molecule has 1 rings (SSSR count). The van der Waals surface area contributed by atoms with Crippen LogP contribution in [0.25, 0.3) is 0 Å². The van der Waals surface area contributed by atoms with Crippen LogP contribution in [0.5, 0.6) is 5.75 Å². The van der Waals surface area contributed by atoms with E-state index < -0.39 is 0 Å². The van der Waals surface area contributed by atoms with E-state index in [1.165, 1.54) is 19.3 Å². The molecule has 0 unspecified atom stereocenters. The van der Waals surface area contributed by atoms with Crippen LogP contribution in [0.1, 0.15) is 32.6 Å². The molecular formula is C12H18O2. The van der Waals surface area contributed by atoms with E-state index >= 15 is 0 Å². The Kier molecular flexibility index (Phi) is 5.84. The number of hydrogen-bond acceptors (Lipinski definition) is 2. The molecule has 1 aromatic carbocycles. The van der Waals surface area contributed by atoms with Gasteiger partial charge in [0.15, 0.2) is 5.75 Å². The van der Waals surface area contributed by atoms with E-state index in [1.54, 1.807) is 0 Å². The third kappa shape index (κ3) is 4.87. The highest BCUT2D eigenvalue weighted by Crippen LogP contribution is 2.08. The van der Waals surface area contributed by atoms with Crippen LogP contribution < -0.4 is 4.89 Å². The first-order chi connectivity index (χ1) is 6.93. The molecular weight excluding hydrogens is 176 g/mol. The van der Waals surface area contributed by atoms with Crippen molar-refractivity contribution >= 4 is 0 Å². The van der Waals surface area contributed by atoms with Gasteiger partial charge in [-0.3, -0.25) is 0 Å². The Morgan fingerprint density at radius 1 is 1.00 bits per heavy atom. The van der Waals surface area contributed by atoms with Crippen LogP contribution in [0.3, 0.4) is 0 Å². The Morgan fingerprint density at radius 3 is 2.50 bits per heavy atom. The number of benzene rings is 1. The van der Waals surface area contributed by atoms with Crippen LogP contribution in [-0.4, -0.2) is 6.61 Å². The van der Waals surface area contributed by atoms with Gasteiger partial charge < -0.3 is 4.89 Å². The molecule has 0 N–H and O–H groups in total. The van der Waals surface area contributed by atoms with Crippen molar-refractivity contribution < 1.29 is 9.78 Å². The van der Waals surface area contributed by atoms with Crippen molar-refractivity contribution in [1.82, 2.24) is 0 Å². The van der Waals surface area contributed by atoms with Crippen molar-refractivity contribution in [2.24, 2.45) is 0 Å². The van der Waals surface area contributed by atoms with E-state index in [4.69, 9.17) is 9.78 Å². The maximum Gasteiger partial charge on any atom is 0.165 e. The molecule has 2 nitrogen and oxygen atoms in total. The quantitative estimate of drug-likeness (QED) is 0.375. The minimum atomic E-state index is 0.675. The summed E-state index contributed by atoms with van der Waals surface area (Å²) in [6.45, 7) is 2.87. The summed E-state index contributed by atoms with van der Waals surface area (Å²) in [5, 5.41) is 0. The SMILES string of the molecule is CCCCCCOOc1ccccc1. The zero-order chi connectivity index (χ0) is 10.1. The van der Waals surface area contributed by atoms with Crippen LogP contribution in [0.4, 0.5) is 0 Å². The van der Waals surface area contributed by atoms with Crippen LogP contribution in [0, 0.1) is 0 Å². The molecule has 0 aromatic heterocycles. The first-order valence-electron chi connectivity index (χ1n) is 5.28. The maximum atomic E-state index is 5.09. The molecule has 0 saturated carbocycles. The lowest BCUT2D eigenvalue weighted by atomic mass is 10.2. The van der Waals surface area contributed by atoms with Gasteiger partial charge in [0.1, 0.15) is 0 Å². The smallest absolute Gasteiger partial charge is 0.165 e. The van der Waals surface area contributed by atoms with E-state index in [1.807, 2.05) is 30.3 Å². The molecule has 0 radical (unpaired) electrons. The van der Waals surface area contributed by atoms with Crippen molar-refractivity contribution in [2.75, 3.05) is 6.61 Å². The highest BCUT2D eigenvalue weighted by atomic mass is 17.2. The second kappa shape index (κ2) is 7.39. The fourth-order valence-corrected chi connectivity index (χ4v) is 1.17. The first-order valence-corrected chi connectivity index (χ1v) is 5.28. The van der Waals surface area contributed by atoms with Crippen molar-refractivity contribution in [3.8, 4) is 5.75 Å². The number of para-hydroxylation sites is 1. The minimum Gasteiger partial charge on any atom is -0.338 e. The molecule has 0 amide bonds. The molecule has 2 heteroatoms. The van der Waals surface area contributed by atoms with Gasteiger partial charge in [-0.15, -0.1) is 0 Å². The summed E-state index contributed by atoms with van der Waals surface area (Å²) in [6, 6.07) is 9.57. The van der Waals surface area contributed by atoms with E-state index in [2.05, 4.69) is 6.92 Å². The van der Waals surface area contributed by atoms with Crippen molar-refractivity contribution in [1.29, 1.82) is 0 Å². The second-order valence-electron chi connectivity index (χ2n) is 3.28. The van der Waals surface area contributed by atoms with Gasteiger partial charge in [0, 0.05) is 0 Å². The zero-order valence-electron chi connectivity index (χ0n) is 8.74. The molecule has 0 aliphatic carbocycles. The Bertz CT molecular complexity index is 221. The van der Waals surface area contributed by atoms with Gasteiger partial charge in [-0.2, -0.15) is 4.89 Å². The fourth-order valence-electron chi connectivity index (χ4n) is 1.17. The monoisotopic (exact) mass is 194 g/mol. The molecule has 0 aliphatic heterocycles. The number of rotatable bonds is 7. The zero-order valence-corrected chi connectivity index (χ0v) is 8.74. The van der Waals surface area contributed by atoms with E-state index in [0.29, 0.717) is 6.61 Å². The molecule has 14 heavy (non-hydrogen) atoms. The lowest BCUT2D eigenvalue weighted by Crippen LogP contribution is -1.99. The van der Waals surface area contributed by atoms with Crippen molar-refractivity contribution in [2.45, 2.75) is 32.6 Å². The van der Waals surface area contributed by atoms with Crippen LogP contribution in [-0.2, 0) is 4.89 Å². The van der Waals surface area contributed by atoms with E-state index in [0.717, 1.165) is 12.2 Å². The Balaban J connectivity index is 1.99. The molecule has 1 aromatic rings. The fraction of sp³-hybridized carbons (Fsp3) is 0.500. The number of hydrogen-bond donors (Lipinski definition) is 0. The average Bonchev–Trinajstić information content (AvgIpc) is 2.25. The van der Waals surface area contributed by atoms with Gasteiger partial charge in [-0.1, -0.05) is 44.4 Å². The summed E-state index contributed by atoms with van der Waals surface area (Å²) in [5.74, 6) is 0.767. The van der Waals surface area contributed by atoms with Crippen LogP contribution in [0.15, 0.2) is 30.3 Å². The largest absolute Gasteiger partial charge is 0.338 e.